The molecule has 1 aliphatic heterocycles. The monoisotopic (exact) mass is 407 g/mol. The van der Waals surface area contributed by atoms with Gasteiger partial charge in [-0.3, -0.25) is 9.69 Å². The number of halogens is 1. The smallest absolute Gasteiger partial charge is 0.259 e. The number of aromatic amines is 1. The summed E-state index contributed by atoms with van der Waals surface area (Å²) in [6, 6.07) is 11.5. The van der Waals surface area contributed by atoms with Crippen LogP contribution in [-0.4, -0.2) is 51.3 Å². The molecule has 152 valence electrons. The molecule has 1 saturated heterocycles. The second-order valence-corrected chi connectivity index (χ2v) is 7.03. The summed E-state index contributed by atoms with van der Waals surface area (Å²) in [6.07, 6.45) is 0. The number of para-hydroxylation sites is 1. The van der Waals surface area contributed by atoms with E-state index in [4.69, 9.17) is 9.26 Å². The number of nitrogens with zero attached hydrogens (tertiary/aromatic N) is 4. The molecule has 0 aliphatic carbocycles. The van der Waals surface area contributed by atoms with Crippen molar-refractivity contribution in [1.29, 1.82) is 0 Å². The van der Waals surface area contributed by atoms with E-state index in [0.29, 0.717) is 47.9 Å². The van der Waals surface area contributed by atoms with Crippen LogP contribution in [0.15, 0.2) is 51.8 Å². The number of aromatic nitrogens is 4. The van der Waals surface area contributed by atoms with Crippen molar-refractivity contribution in [3.8, 4) is 22.8 Å². The van der Waals surface area contributed by atoms with Crippen LogP contribution in [0.3, 0.4) is 0 Å². The molecule has 1 fully saturated rings. The van der Waals surface area contributed by atoms with Crippen LogP contribution in [0.4, 0.5) is 4.39 Å². The van der Waals surface area contributed by atoms with Crippen molar-refractivity contribution in [2.24, 2.45) is 0 Å². The molecule has 3 heterocycles. The number of nitrogens with one attached hydrogen (secondary N) is 1. The molecule has 0 bridgehead atoms. The lowest BCUT2D eigenvalue weighted by atomic mass is 10.1. The second kappa shape index (κ2) is 7.77. The lowest BCUT2D eigenvalue weighted by molar-refractivity contribution is 0.0297. The van der Waals surface area contributed by atoms with Crippen LogP contribution in [-0.2, 0) is 11.3 Å². The van der Waals surface area contributed by atoms with E-state index < -0.39 is 5.82 Å². The van der Waals surface area contributed by atoms with Gasteiger partial charge in [-0.05, 0) is 30.3 Å². The summed E-state index contributed by atoms with van der Waals surface area (Å²) < 4.78 is 25.2. The molecule has 2 aromatic carbocycles. The van der Waals surface area contributed by atoms with Crippen LogP contribution in [0.25, 0.3) is 33.7 Å². The van der Waals surface area contributed by atoms with E-state index in [2.05, 4.69) is 25.0 Å². The SMILES string of the molecule is O=c1[nH]c(-c2ccc(F)c(-c3noc(CN4CCOCC4)n3)c2)nc2ccccc12. The van der Waals surface area contributed by atoms with Gasteiger partial charge < -0.3 is 14.2 Å². The second-order valence-electron chi connectivity index (χ2n) is 7.03. The van der Waals surface area contributed by atoms with Crippen LogP contribution >= 0.6 is 0 Å². The highest BCUT2D eigenvalue weighted by atomic mass is 19.1. The molecule has 0 amide bonds. The molecule has 5 rings (SSSR count). The van der Waals surface area contributed by atoms with E-state index in [9.17, 15) is 9.18 Å². The van der Waals surface area contributed by atoms with E-state index in [1.807, 2.05) is 6.07 Å². The third-order valence-electron chi connectivity index (χ3n) is 5.02. The Balaban J connectivity index is 1.48. The standard InChI is InChI=1S/C21H18FN5O3/c22-16-6-5-13(19-23-17-4-2-1-3-14(17)21(28)25-19)11-15(16)20-24-18(30-26-20)12-27-7-9-29-10-8-27/h1-6,11H,7-10,12H2,(H,23,25,28). The minimum Gasteiger partial charge on any atom is -0.379 e. The number of fused-ring (bicyclic) bond motifs is 1. The molecule has 0 saturated carbocycles. The van der Waals surface area contributed by atoms with Crippen molar-refractivity contribution in [1.82, 2.24) is 25.0 Å². The summed E-state index contributed by atoms with van der Waals surface area (Å²) in [6.45, 7) is 3.37. The Bertz CT molecular complexity index is 1260. The van der Waals surface area contributed by atoms with Gasteiger partial charge in [0.1, 0.15) is 11.6 Å². The Kier molecular flexibility index (Phi) is 4.82. The minimum absolute atomic E-state index is 0.153. The summed E-state index contributed by atoms with van der Waals surface area (Å²) in [5, 5.41) is 4.43. The van der Waals surface area contributed by atoms with Crippen molar-refractivity contribution in [3.05, 3.63) is 64.5 Å². The average molecular weight is 407 g/mol. The van der Waals surface area contributed by atoms with E-state index in [0.717, 1.165) is 13.1 Å². The topological polar surface area (TPSA) is 97.1 Å². The molecule has 8 nitrogen and oxygen atoms in total. The Morgan fingerprint density at radius 3 is 2.80 bits per heavy atom. The van der Waals surface area contributed by atoms with Crippen LogP contribution in [0.2, 0.25) is 0 Å². The van der Waals surface area contributed by atoms with Gasteiger partial charge in [-0.2, -0.15) is 4.98 Å². The fraction of sp³-hybridized carbons (Fsp3) is 0.238. The highest BCUT2D eigenvalue weighted by molar-refractivity contribution is 5.79. The molecular weight excluding hydrogens is 389 g/mol. The van der Waals surface area contributed by atoms with Gasteiger partial charge in [0.2, 0.25) is 11.7 Å². The fourth-order valence-corrected chi connectivity index (χ4v) is 3.45. The number of H-pyrrole nitrogens is 1. The number of benzene rings is 2. The summed E-state index contributed by atoms with van der Waals surface area (Å²) in [7, 11) is 0. The van der Waals surface area contributed by atoms with Gasteiger partial charge in [-0.15, -0.1) is 0 Å². The van der Waals surface area contributed by atoms with Gasteiger partial charge in [-0.25, -0.2) is 9.37 Å². The lowest BCUT2D eigenvalue weighted by Gasteiger charge is -2.24. The van der Waals surface area contributed by atoms with Gasteiger partial charge in [0.05, 0.1) is 36.2 Å². The van der Waals surface area contributed by atoms with Gasteiger partial charge in [0.25, 0.3) is 5.56 Å². The zero-order chi connectivity index (χ0) is 20.5. The van der Waals surface area contributed by atoms with Gasteiger partial charge >= 0.3 is 0 Å². The maximum absolute atomic E-state index is 14.5. The van der Waals surface area contributed by atoms with Crippen molar-refractivity contribution >= 4 is 10.9 Å². The fourth-order valence-electron chi connectivity index (χ4n) is 3.45. The first kappa shape index (κ1) is 18.6. The number of ether oxygens (including phenoxy) is 1. The van der Waals surface area contributed by atoms with E-state index >= 15 is 0 Å². The van der Waals surface area contributed by atoms with Crippen molar-refractivity contribution in [2.75, 3.05) is 26.3 Å². The Morgan fingerprint density at radius 2 is 1.93 bits per heavy atom. The predicted molar refractivity (Wildman–Crippen MR) is 107 cm³/mol. The third-order valence-corrected chi connectivity index (χ3v) is 5.02. The number of hydrogen-bond donors (Lipinski definition) is 1. The minimum atomic E-state index is -0.486. The van der Waals surface area contributed by atoms with Gasteiger partial charge in [-0.1, -0.05) is 17.3 Å². The van der Waals surface area contributed by atoms with E-state index in [1.54, 1.807) is 30.3 Å². The first-order valence-corrected chi connectivity index (χ1v) is 9.59. The molecule has 0 spiro atoms. The highest BCUT2D eigenvalue weighted by Crippen LogP contribution is 2.26. The van der Waals surface area contributed by atoms with Crippen LogP contribution in [0, 0.1) is 5.82 Å². The van der Waals surface area contributed by atoms with Crippen LogP contribution in [0.1, 0.15) is 5.89 Å². The molecule has 9 heteroatoms. The number of hydrogen-bond acceptors (Lipinski definition) is 7. The molecule has 0 radical (unpaired) electrons. The quantitative estimate of drug-likeness (QED) is 0.555. The largest absolute Gasteiger partial charge is 0.379 e. The highest BCUT2D eigenvalue weighted by Gasteiger charge is 2.18. The Labute approximate surface area is 170 Å². The third kappa shape index (κ3) is 3.60. The van der Waals surface area contributed by atoms with Crippen molar-refractivity contribution in [3.63, 3.8) is 0 Å². The summed E-state index contributed by atoms with van der Waals surface area (Å²) in [5.74, 6) is 0.423. The summed E-state index contributed by atoms with van der Waals surface area (Å²) >= 11 is 0. The molecule has 30 heavy (non-hydrogen) atoms. The molecule has 2 aromatic heterocycles. The van der Waals surface area contributed by atoms with Crippen molar-refractivity contribution < 1.29 is 13.7 Å². The normalized spacial score (nSPS) is 15.0. The summed E-state index contributed by atoms with van der Waals surface area (Å²) in [5.41, 5.74) is 1.04. The lowest BCUT2D eigenvalue weighted by Crippen LogP contribution is -2.35. The number of rotatable bonds is 4. The molecule has 4 aromatic rings. The number of morpholine rings is 1. The molecular formula is C21H18FN5O3. The zero-order valence-electron chi connectivity index (χ0n) is 16.0. The average Bonchev–Trinajstić information content (AvgIpc) is 3.23. The zero-order valence-corrected chi connectivity index (χ0v) is 16.0. The Morgan fingerprint density at radius 1 is 1.10 bits per heavy atom. The molecule has 1 aliphatic rings. The van der Waals surface area contributed by atoms with Gasteiger partial charge in [0.15, 0.2) is 0 Å². The first-order valence-electron chi connectivity index (χ1n) is 9.59. The first-order chi connectivity index (χ1) is 14.7. The molecule has 1 N–H and O–H groups in total. The predicted octanol–water partition coefficient (Wildman–Crippen LogP) is 2.61. The maximum Gasteiger partial charge on any atom is 0.259 e. The van der Waals surface area contributed by atoms with Crippen LogP contribution in [0.5, 0.6) is 0 Å². The van der Waals surface area contributed by atoms with Crippen molar-refractivity contribution in [2.45, 2.75) is 6.54 Å². The van der Waals surface area contributed by atoms with E-state index in [1.165, 1.54) is 6.07 Å². The Hall–Kier alpha value is -3.43. The molecule has 0 atom stereocenters. The summed E-state index contributed by atoms with van der Waals surface area (Å²) in [4.78, 5) is 26.1. The molecule has 0 unspecified atom stereocenters. The van der Waals surface area contributed by atoms with Gasteiger partial charge in [0, 0.05) is 18.7 Å². The maximum atomic E-state index is 14.5. The van der Waals surface area contributed by atoms with Crippen LogP contribution < -0.4 is 5.56 Å². The van der Waals surface area contributed by atoms with E-state index in [-0.39, 0.29) is 16.9 Å².